The summed E-state index contributed by atoms with van der Waals surface area (Å²) in [6, 6.07) is 10.5. The number of hydrogen-bond donors (Lipinski definition) is 0. The number of amides is 1. The molecular weight excluding hydrogens is 337 g/mol. The highest BCUT2D eigenvalue weighted by atomic mass is 32.1. The summed E-state index contributed by atoms with van der Waals surface area (Å²) in [6.07, 6.45) is 3.90. The molecule has 0 bridgehead atoms. The second kappa shape index (κ2) is 6.89. The Labute approximate surface area is 151 Å². The summed E-state index contributed by atoms with van der Waals surface area (Å²) in [4.78, 5) is 16.6. The maximum Gasteiger partial charge on any atom is 0.234 e. The van der Waals surface area contributed by atoms with Gasteiger partial charge in [-0.1, -0.05) is 31.0 Å². The molecule has 5 heteroatoms. The van der Waals surface area contributed by atoms with Gasteiger partial charge in [-0.25, -0.2) is 4.39 Å². The van der Waals surface area contributed by atoms with E-state index in [9.17, 15) is 9.18 Å². The van der Waals surface area contributed by atoms with Gasteiger partial charge in [0.1, 0.15) is 11.9 Å². The first-order valence-electron chi connectivity index (χ1n) is 8.89. The molecule has 132 valence electrons. The normalized spacial score (nSPS) is 22.9. The number of morpholine rings is 1. The van der Waals surface area contributed by atoms with Crippen LogP contribution in [0.1, 0.15) is 42.2 Å². The van der Waals surface area contributed by atoms with Gasteiger partial charge < -0.3 is 9.64 Å². The maximum absolute atomic E-state index is 13.5. The lowest BCUT2D eigenvalue weighted by atomic mass is 9.82. The lowest BCUT2D eigenvalue weighted by molar-refractivity contribution is -0.145. The van der Waals surface area contributed by atoms with Crippen molar-refractivity contribution in [1.29, 1.82) is 0 Å². The summed E-state index contributed by atoms with van der Waals surface area (Å²) >= 11 is 1.69. The SMILES string of the molecule is O=C(N1CCOC(c2ccc(F)cc2)C1)C1(c2cccs2)CCCC1. The fraction of sp³-hybridized carbons (Fsp3) is 0.450. The van der Waals surface area contributed by atoms with E-state index in [0.29, 0.717) is 19.7 Å². The van der Waals surface area contributed by atoms with Gasteiger partial charge in [-0.2, -0.15) is 0 Å². The van der Waals surface area contributed by atoms with Crippen LogP contribution in [0.3, 0.4) is 0 Å². The Morgan fingerprint density at radius 2 is 1.96 bits per heavy atom. The Morgan fingerprint density at radius 1 is 1.20 bits per heavy atom. The molecule has 1 unspecified atom stereocenters. The van der Waals surface area contributed by atoms with Gasteiger partial charge in [-0.05, 0) is 42.0 Å². The second-order valence-corrected chi connectivity index (χ2v) is 7.88. The van der Waals surface area contributed by atoms with Crippen LogP contribution in [0.2, 0.25) is 0 Å². The van der Waals surface area contributed by atoms with Crippen molar-refractivity contribution in [3.63, 3.8) is 0 Å². The molecule has 1 saturated carbocycles. The van der Waals surface area contributed by atoms with Gasteiger partial charge in [0, 0.05) is 11.4 Å². The molecule has 4 rings (SSSR count). The molecule has 0 N–H and O–H groups in total. The maximum atomic E-state index is 13.5. The minimum Gasteiger partial charge on any atom is -0.370 e. The van der Waals surface area contributed by atoms with Crippen molar-refractivity contribution in [3.8, 4) is 0 Å². The number of rotatable bonds is 3. The van der Waals surface area contributed by atoms with Crippen molar-refractivity contribution in [2.45, 2.75) is 37.2 Å². The van der Waals surface area contributed by atoms with Crippen LogP contribution in [-0.2, 0) is 14.9 Å². The molecule has 1 amide bonds. The molecule has 2 heterocycles. The predicted molar refractivity (Wildman–Crippen MR) is 96.1 cm³/mol. The molecule has 1 atom stereocenters. The Balaban J connectivity index is 1.56. The number of carbonyl (C=O) groups excluding carboxylic acids is 1. The number of carbonyl (C=O) groups is 1. The number of nitrogens with zero attached hydrogens (tertiary/aromatic N) is 1. The van der Waals surface area contributed by atoms with Gasteiger partial charge in [0.15, 0.2) is 0 Å². The van der Waals surface area contributed by atoms with Crippen LogP contribution in [0.15, 0.2) is 41.8 Å². The Morgan fingerprint density at radius 3 is 2.64 bits per heavy atom. The van der Waals surface area contributed by atoms with Gasteiger partial charge in [0.05, 0.1) is 18.6 Å². The van der Waals surface area contributed by atoms with E-state index in [1.165, 1.54) is 17.0 Å². The first kappa shape index (κ1) is 16.7. The van der Waals surface area contributed by atoms with Crippen LogP contribution in [-0.4, -0.2) is 30.5 Å². The van der Waals surface area contributed by atoms with Gasteiger partial charge >= 0.3 is 0 Å². The molecule has 0 spiro atoms. The molecule has 1 aromatic heterocycles. The first-order chi connectivity index (χ1) is 12.2. The van der Waals surface area contributed by atoms with E-state index < -0.39 is 0 Å². The molecule has 2 aromatic rings. The molecule has 1 aliphatic carbocycles. The average Bonchev–Trinajstić information content (AvgIpc) is 3.34. The van der Waals surface area contributed by atoms with Crippen molar-refractivity contribution >= 4 is 17.2 Å². The zero-order valence-electron chi connectivity index (χ0n) is 14.1. The monoisotopic (exact) mass is 359 g/mol. The highest BCUT2D eigenvalue weighted by molar-refractivity contribution is 7.10. The van der Waals surface area contributed by atoms with E-state index in [1.54, 1.807) is 23.5 Å². The third-order valence-electron chi connectivity index (χ3n) is 5.45. The molecule has 3 nitrogen and oxygen atoms in total. The van der Waals surface area contributed by atoms with Gasteiger partial charge in [-0.3, -0.25) is 4.79 Å². The van der Waals surface area contributed by atoms with Crippen molar-refractivity contribution < 1.29 is 13.9 Å². The highest BCUT2D eigenvalue weighted by Gasteiger charge is 2.46. The van der Waals surface area contributed by atoms with E-state index in [-0.39, 0.29) is 23.2 Å². The van der Waals surface area contributed by atoms with Gasteiger partial charge in [0.2, 0.25) is 5.91 Å². The smallest absolute Gasteiger partial charge is 0.234 e. The second-order valence-electron chi connectivity index (χ2n) is 6.93. The number of benzene rings is 1. The summed E-state index contributed by atoms with van der Waals surface area (Å²) in [5.74, 6) is -0.0158. The number of hydrogen-bond acceptors (Lipinski definition) is 3. The van der Waals surface area contributed by atoms with E-state index in [4.69, 9.17) is 4.74 Å². The fourth-order valence-electron chi connectivity index (χ4n) is 4.11. The number of halogens is 1. The predicted octanol–water partition coefficient (Wildman–Crippen LogP) is 4.30. The van der Waals surface area contributed by atoms with E-state index in [1.807, 2.05) is 11.0 Å². The summed E-state index contributed by atoms with van der Waals surface area (Å²) in [5, 5.41) is 2.06. The average molecular weight is 359 g/mol. The van der Waals surface area contributed by atoms with Crippen LogP contribution in [0.25, 0.3) is 0 Å². The number of ether oxygens (including phenoxy) is 1. The topological polar surface area (TPSA) is 29.5 Å². The lowest BCUT2D eigenvalue weighted by Gasteiger charge is -2.39. The van der Waals surface area contributed by atoms with E-state index in [0.717, 1.165) is 31.2 Å². The fourth-order valence-corrected chi connectivity index (χ4v) is 5.09. The molecule has 0 radical (unpaired) electrons. The Hall–Kier alpha value is -1.72. The quantitative estimate of drug-likeness (QED) is 0.818. The van der Waals surface area contributed by atoms with Crippen molar-refractivity contribution in [3.05, 3.63) is 58.0 Å². The standard InChI is InChI=1S/C20H22FNO2S/c21-16-7-5-15(6-8-16)17-14-22(11-12-24-17)19(23)20(9-1-2-10-20)18-4-3-13-25-18/h3-8,13,17H,1-2,9-12,14H2. The highest BCUT2D eigenvalue weighted by Crippen LogP contribution is 2.45. The largest absolute Gasteiger partial charge is 0.370 e. The van der Waals surface area contributed by atoms with Crippen LogP contribution < -0.4 is 0 Å². The van der Waals surface area contributed by atoms with Crippen LogP contribution in [0, 0.1) is 5.82 Å². The third-order valence-corrected chi connectivity index (χ3v) is 6.53. The Bertz CT molecular complexity index is 723. The molecule has 1 saturated heterocycles. The van der Waals surface area contributed by atoms with E-state index >= 15 is 0 Å². The number of thiophene rings is 1. The van der Waals surface area contributed by atoms with Gasteiger partial charge in [-0.15, -0.1) is 11.3 Å². The minimum atomic E-state index is -0.348. The van der Waals surface area contributed by atoms with Crippen LogP contribution in [0.4, 0.5) is 4.39 Å². The first-order valence-corrected chi connectivity index (χ1v) is 9.77. The summed E-state index contributed by atoms with van der Waals surface area (Å²) in [5.41, 5.74) is 0.578. The van der Waals surface area contributed by atoms with Gasteiger partial charge in [0.25, 0.3) is 0 Å². The van der Waals surface area contributed by atoms with E-state index in [2.05, 4.69) is 11.4 Å². The zero-order valence-corrected chi connectivity index (χ0v) is 14.9. The molecule has 1 aliphatic heterocycles. The van der Waals surface area contributed by atoms with Crippen LogP contribution >= 0.6 is 11.3 Å². The van der Waals surface area contributed by atoms with Crippen molar-refractivity contribution in [2.24, 2.45) is 0 Å². The molecule has 25 heavy (non-hydrogen) atoms. The third kappa shape index (κ3) is 3.11. The van der Waals surface area contributed by atoms with Crippen molar-refractivity contribution in [1.82, 2.24) is 4.90 Å². The lowest BCUT2D eigenvalue weighted by Crippen LogP contribution is -2.50. The van der Waals surface area contributed by atoms with Crippen LogP contribution in [0.5, 0.6) is 0 Å². The molecule has 2 aliphatic rings. The summed E-state index contributed by atoms with van der Waals surface area (Å²) < 4.78 is 19.0. The molecular formula is C20H22FNO2S. The molecule has 2 fully saturated rings. The summed E-state index contributed by atoms with van der Waals surface area (Å²) in [7, 11) is 0. The zero-order chi connectivity index (χ0) is 17.3. The minimum absolute atomic E-state index is 0.180. The summed E-state index contributed by atoms with van der Waals surface area (Å²) in [6.45, 7) is 1.69. The van der Waals surface area contributed by atoms with Crippen molar-refractivity contribution in [2.75, 3.05) is 19.7 Å². The molecule has 1 aromatic carbocycles. The Kier molecular flexibility index (Phi) is 4.61.